The maximum absolute atomic E-state index is 12.6. The van der Waals surface area contributed by atoms with E-state index in [0.29, 0.717) is 56.4 Å². The molecule has 0 radical (unpaired) electrons. The molecule has 0 aliphatic carbocycles. The number of anilines is 4. The normalized spacial score (nSPS) is 22.0. The smallest absolute Gasteiger partial charge is 0.323 e. The maximum Gasteiger partial charge on any atom is 0.323 e. The summed E-state index contributed by atoms with van der Waals surface area (Å²) >= 11 is 0. The first-order chi connectivity index (χ1) is 20.1. The predicted molar refractivity (Wildman–Crippen MR) is 158 cm³/mol. The number of methoxy groups -OCH3 is 1. The molecule has 216 valence electrons. The quantitative estimate of drug-likeness (QED) is 0.423. The van der Waals surface area contributed by atoms with Crippen LogP contribution >= 0.6 is 0 Å². The molecule has 3 atom stereocenters. The van der Waals surface area contributed by atoms with E-state index in [-0.39, 0.29) is 24.2 Å². The first kappa shape index (κ1) is 27.4. The van der Waals surface area contributed by atoms with Gasteiger partial charge in [0.15, 0.2) is 5.82 Å². The Hall–Kier alpha value is -3.80. The summed E-state index contributed by atoms with van der Waals surface area (Å²) in [5, 5.41) is 5.78. The van der Waals surface area contributed by atoms with Crippen LogP contribution in [0.4, 0.5) is 28.1 Å². The lowest BCUT2D eigenvalue weighted by Crippen LogP contribution is -2.48. The van der Waals surface area contributed by atoms with Crippen LogP contribution in [0.15, 0.2) is 48.5 Å². The zero-order valence-electron chi connectivity index (χ0n) is 23.6. The molecule has 0 spiro atoms. The Morgan fingerprint density at radius 1 is 0.902 bits per heavy atom. The summed E-state index contributed by atoms with van der Waals surface area (Å²) in [6, 6.07) is 15.8. The molecular formula is C30H37N7O4. The Balaban J connectivity index is 1.19. The minimum Gasteiger partial charge on any atom is -0.384 e. The van der Waals surface area contributed by atoms with Crippen LogP contribution in [0.1, 0.15) is 25.3 Å². The highest BCUT2D eigenvalue weighted by atomic mass is 16.5. The third-order valence-corrected chi connectivity index (χ3v) is 7.92. The van der Waals surface area contributed by atoms with Crippen LogP contribution < -0.4 is 20.4 Å². The number of rotatable bonds is 8. The SMILES string of the molecule is COCCc1ccc(NC(=O)Nc2ccc(-c3nc(N4CCOCC4C)nc(N4C5CCC4COC5)n3)cc2)cc1. The van der Waals surface area contributed by atoms with Crippen LogP contribution in [0.5, 0.6) is 0 Å². The van der Waals surface area contributed by atoms with E-state index in [1.54, 1.807) is 7.11 Å². The molecule has 11 nitrogen and oxygen atoms in total. The first-order valence-corrected chi connectivity index (χ1v) is 14.3. The van der Waals surface area contributed by atoms with E-state index in [1.807, 2.05) is 48.5 Å². The van der Waals surface area contributed by atoms with E-state index in [0.717, 1.165) is 42.6 Å². The molecule has 6 rings (SSSR count). The summed E-state index contributed by atoms with van der Waals surface area (Å²) in [5.41, 5.74) is 3.40. The van der Waals surface area contributed by atoms with Gasteiger partial charge in [-0.3, -0.25) is 0 Å². The molecule has 0 saturated carbocycles. The standard InChI is InChI=1S/C30H37N7O4/c1-20-17-40-16-14-36(20)28-33-27(34-29(35-28)37-25-11-12-26(37)19-41-18-25)22-5-9-24(10-6-22)32-30(38)31-23-7-3-21(4-8-23)13-15-39-2/h3-10,20,25-26H,11-19H2,1-2H3,(H2,31,32,38). The van der Waals surface area contributed by atoms with Gasteiger partial charge in [0.1, 0.15) is 0 Å². The highest BCUT2D eigenvalue weighted by Crippen LogP contribution is 2.34. The second kappa shape index (κ2) is 12.4. The molecule has 3 saturated heterocycles. The summed E-state index contributed by atoms with van der Waals surface area (Å²) in [7, 11) is 1.69. The molecule has 2 bridgehead atoms. The summed E-state index contributed by atoms with van der Waals surface area (Å²) in [6.45, 7) is 6.19. The third kappa shape index (κ3) is 6.27. The summed E-state index contributed by atoms with van der Waals surface area (Å²) in [5.74, 6) is 1.98. The van der Waals surface area contributed by atoms with Crippen molar-refractivity contribution in [2.45, 2.75) is 44.3 Å². The van der Waals surface area contributed by atoms with Gasteiger partial charge < -0.3 is 34.6 Å². The molecule has 41 heavy (non-hydrogen) atoms. The van der Waals surface area contributed by atoms with Gasteiger partial charge in [0, 0.05) is 30.6 Å². The zero-order valence-corrected chi connectivity index (χ0v) is 23.6. The fraction of sp³-hybridized carbons (Fsp3) is 0.467. The van der Waals surface area contributed by atoms with Gasteiger partial charge >= 0.3 is 6.03 Å². The molecule has 2 amide bonds. The van der Waals surface area contributed by atoms with Crippen molar-refractivity contribution in [1.29, 1.82) is 0 Å². The monoisotopic (exact) mass is 559 g/mol. The number of morpholine rings is 2. The first-order valence-electron chi connectivity index (χ1n) is 14.3. The van der Waals surface area contributed by atoms with Crippen molar-refractivity contribution in [2.24, 2.45) is 0 Å². The minimum absolute atomic E-state index is 0.167. The van der Waals surface area contributed by atoms with Crippen LogP contribution in [0.25, 0.3) is 11.4 Å². The number of nitrogens with one attached hydrogen (secondary N) is 2. The van der Waals surface area contributed by atoms with Crippen molar-refractivity contribution in [3.8, 4) is 11.4 Å². The number of ether oxygens (including phenoxy) is 3. The molecule has 3 fully saturated rings. The second-order valence-electron chi connectivity index (χ2n) is 10.8. The summed E-state index contributed by atoms with van der Waals surface area (Å²) in [4.78, 5) is 32.0. The zero-order chi connectivity index (χ0) is 28.2. The number of urea groups is 1. The largest absolute Gasteiger partial charge is 0.384 e. The summed E-state index contributed by atoms with van der Waals surface area (Å²) in [6.07, 6.45) is 2.99. The van der Waals surface area contributed by atoms with Gasteiger partial charge in [0.05, 0.1) is 51.2 Å². The Labute approximate surface area is 240 Å². The van der Waals surface area contributed by atoms with Crippen LogP contribution in [-0.2, 0) is 20.6 Å². The number of amides is 2. The summed E-state index contributed by atoms with van der Waals surface area (Å²) < 4.78 is 16.6. The molecular weight excluding hydrogens is 522 g/mol. The molecule has 2 N–H and O–H groups in total. The van der Waals surface area contributed by atoms with Crippen LogP contribution in [0.3, 0.4) is 0 Å². The van der Waals surface area contributed by atoms with Crippen molar-refractivity contribution in [3.05, 3.63) is 54.1 Å². The minimum atomic E-state index is -0.309. The van der Waals surface area contributed by atoms with E-state index in [2.05, 4.69) is 27.4 Å². The number of hydrogen-bond donors (Lipinski definition) is 2. The third-order valence-electron chi connectivity index (χ3n) is 7.92. The Morgan fingerprint density at radius 3 is 2.22 bits per heavy atom. The lowest BCUT2D eigenvalue weighted by molar-refractivity contribution is 0.0895. The fourth-order valence-electron chi connectivity index (χ4n) is 5.68. The highest BCUT2D eigenvalue weighted by Gasteiger charge is 2.39. The Kier molecular flexibility index (Phi) is 8.26. The molecule has 11 heteroatoms. The van der Waals surface area contributed by atoms with Gasteiger partial charge in [0.25, 0.3) is 0 Å². The van der Waals surface area contributed by atoms with Gasteiger partial charge in [-0.05, 0) is 68.1 Å². The number of carbonyl (C=O) groups excluding carboxylic acids is 1. The van der Waals surface area contributed by atoms with Crippen molar-refractivity contribution < 1.29 is 19.0 Å². The van der Waals surface area contributed by atoms with Crippen LogP contribution in [0.2, 0.25) is 0 Å². The van der Waals surface area contributed by atoms with E-state index in [1.165, 1.54) is 0 Å². The van der Waals surface area contributed by atoms with Crippen LogP contribution in [-0.4, -0.2) is 85.8 Å². The maximum atomic E-state index is 12.6. The van der Waals surface area contributed by atoms with Crippen molar-refractivity contribution >= 4 is 29.3 Å². The van der Waals surface area contributed by atoms with E-state index in [9.17, 15) is 4.79 Å². The lowest BCUT2D eigenvalue weighted by atomic mass is 10.1. The van der Waals surface area contributed by atoms with Gasteiger partial charge in [-0.1, -0.05) is 12.1 Å². The van der Waals surface area contributed by atoms with Crippen molar-refractivity contribution in [3.63, 3.8) is 0 Å². The van der Waals surface area contributed by atoms with Crippen molar-refractivity contribution in [2.75, 3.05) is 67.1 Å². The second-order valence-corrected chi connectivity index (χ2v) is 10.8. The lowest BCUT2D eigenvalue weighted by Gasteiger charge is -2.36. The fourth-order valence-corrected chi connectivity index (χ4v) is 5.68. The molecule has 3 unspecified atom stereocenters. The number of carbonyl (C=O) groups is 1. The van der Waals surface area contributed by atoms with Gasteiger partial charge in [-0.2, -0.15) is 15.0 Å². The van der Waals surface area contributed by atoms with Crippen LogP contribution in [0, 0.1) is 0 Å². The number of hydrogen-bond acceptors (Lipinski definition) is 9. The molecule has 4 heterocycles. The van der Waals surface area contributed by atoms with Crippen molar-refractivity contribution in [1.82, 2.24) is 15.0 Å². The predicted octanol–water partition coefficient (Wildman–Crippen LogP) is 3.96. The Bertz CT molecular complexity index is 1320. The molecule has 3 aromatic rings. The van der Waals surface area contributed by atoms with E-state index >= 15 is 0 Å². The van der Waals surface area contributed by atoms with E-state index in [4.69, 9.17) is 29.2 Å². The molecule has 3 aliphatic rings. The van der Waals surface area contributed by atoms with Gasteiger partial charge in [-0.25, -0.2) is 4.79 Å². The topological polar surface area (TPSA) is 114 Å². The average molecular weight is 560 g/mol. The number of aromatic nitrogens is 3. The van der Waals surface area contributed by atoms with Gasteiger partial charge in [-0.15, -0.1) is 0 Å². The molecule has 2 aromatic carbocycles. The molecule has 1 aromatic heterocycles. The van der Waals surface area contributed by atoms with E-state index < -0.39 is 0 Å². The highest BCUT2D eigenvalue weighted by molar-refractivity contribution is 5.99. The molecule has 3 aliphatic heterocycles. The number of nitrogens with zero attached hydrogens (tertiary/aromatic N) is 5. The number of fused-ring (bicyclic) bond motifs is 2. The number of benzene rings is 2. The van der Waals surface area contributed by atoms with Gasteiger partial charge in [0.2, 0.25) is 11.9 Å². The average Bonchev–Trinajstić information content (AvgIpc) is 3.25. The Morgan fingerprint density at radius 2 is 1.56 bits per heavy atom.